The molecule has 3 nitrogen and oxygen atoms in total. The first-order valence-electron chi connectivity index (χ1n) is 8.37. The molecule has 0 bridgehead atoms. The van der Waals surface area contributed by atoms with Gasteiger partial charge in [-0.05, 0) is 23.3 Å². The molecule has 0 spiro atoms. The summed E-state index contributed by atoms with van der Waals surface area (Å²) < 4.78 is 5.53. The summed E-state index contributed by atoms with van der Waals surface area (Å²) in [7, 11) is 0. The third-order valence-corrected chi connectivity index (χ3v) is 3.91. The second kappa shape index (κ2) is 8.69. The summed E-state index contributed by atoms with van der Waals surface area (Å²) >= 11 is 0. The standard InChI is InChI=1S/C22H21NO2/c24-22(25-17-19-12-6-2-7-13-19)21(16-18-10-4-1-5-11-18)23-20-14-8-3-9-15-20/h1-15,21,23H,16-17H2/t21-/m0/s1. The van der Waals surface area contributed by atoms with Gasteiger partial charge in [0.15, 0.2) is 0 Å². The van der Waals surface area contributed by atoms with E-state index >= 15 is 0 Å². The molecule has 0 fully saturated rings. The van der Waals surface area contributed by atoms with E-state index in [1.165, 1.54) is 0 Å². The van der Waals surface area contributed by atoms with Crippen molar-refractivity contribution in [2.24, 2.45) is 0 Å². The van der Waals surface area contributed by atoms with Crippen LogP contribution in [0.4, 0.5) is 5.69 Å². The zero-order valence-electron chi connectivity index (χ0n) is 14.0. The van der Waals surface area contributed by atoms with Crippen molar-refractivity contribution in [3.05, 3.63) is 102 Å². The van der Waals surface area contributed by atoms with Gasteiger partial charge in [-0.1, -0.05) is 78.9 Å². The van der Waals surface area contributed by atoms with Crippen LogP contribution in [0.15, 0.2) is 91.0 Å². The smallest absolute Gasteiger partial charge is 0.329 e. The number of nitrogens with one attached hydrogen (secondary N) is 1. The van der Waals surface area contributed by atoms with Gasteiger partial charge in [0, 0.05) is 12.1 Å². The molecular formula is C22H21NO2. The molecule has 0 aliphatic rings. The maximum atomic E-state index is 12.6. The molecular weight excluding hydrogens is 310 g/mol. The van der Waals surface area contributed by atoms with Gasteiger partial charge in [-0.25, -0.2) is 4.79 Å². The number of hydrogen-bond donors (Lipinski definition) is 1. The third-order valence-electron chi connectivity index (χ3n) is 3.91. The van der Waals surface area contributed by atoms with Crippen molar-refractivity contribution in [1.82, 2.24) is 0 Å². The van der Waals surface area contributed by atoms with Crippen LogP contribution in [0.5, 0.6) is 0 Å². The van der Waals surface area contributed by atoms with Crippen molar-refractivity contribution in [2.45, 2.75) is 19.1 Å². The van der Waals surface area contributed by atoms with Gasteiger partial charge in [0.2, 0.25) is 0 Å². The molecule has 1 atom stereocenters. The Morgan fingerprint density at radius 1 is 0.760 bits per heavy atom. The van der Waals surface area contributed by atoms with Crippen LogP contribution in [-0.2, 0) is 22.6 Å². The summed E-state index contributed by atoms with van der Waals surface area (Å²) in [6, 6.07) is 29.0. The largest absolute Gasteiger partial charge is 0.459 e. The number of esters is 1. The molecule has 0 amide bonds. The lowest BCUT2D eigenvalue weighted by molar-refractivity contribution is -0.145. The summed E-state index contributed by atoms with van der Waals surface area (Å²) in [6.45, 7) is 0.279. The highest BCUT2D eigenvalue weighted by atomic mass is 16.5. The van der Waals surface area contributed by atoms with Gasteiger partial charge in [-0.15, -0.1) is 0 Å². The lowest BCUT2D eigenvalue weighted by atomic mass is 10.1. The molecule has 25 heavy (non-hydrogen) atoms. The van der Waals surface area contributed by atoms with Gasteiger partial charge in [-0.3, -0.25) is 0 Å². The Labute approximate surface area is 148 Å². The van der Waals surface area contributed by atoms with Crippen LogP contribution in [0.25, 0.3) is 0 Å². The molecule has 3 heteroatoms. The predicted molar refractivity (Wildman–Crippen MR) is 100 cm³/mol. The van der Waals surface area contributed by atoms with Crippen molar-refractivity contribution in [1.29, 1.82) is 0 Å². The number of benzene rings is 3. The van der Waals surface area contributed by atoms with Gasteiger partial charge in [-0.2, -0.15) is 0 Å². The van der Waals surface area contributed by atoms with Crippen LogP contribution < -0.4 is 5.32 Å². The van der Waals surface area contributed by atoms with E-state index in [9.17, 15) is 4.79 Å². The molecule has 0 aromatic heterocycles. The third kappa shape index (κ3) is 5.21. The van der Waals surface area contributed by atoms with E-state index in [4.69, 9.17) is 4.74 Å². The second-order valence-electron chi connectivity index (χ2n) is 5.85. The van der Waals surface area contributed by atoms with Crippen LogP contribution in [0, 0.1) is 0 Å². The van der Waals surface area contributed by atoms with E-state index in [-0.39, 0.29) is 12.6 Å². The summed E-state index contributed by atoms with van der Waals surface area (Å²) in [6.07, 6.45) is 0.573. The van der Waals surface area contributed by atoms with Gasteiger partial charge in [0.05, 0.1) is 0 Å². The lowest BCUT2D eigenvalue weighted by Crippen LogP contribution is -2.33. The van der Waals surface area contributed by atoms with Crippen LogP contribution in [0.1, 0.15) is 11.1 Å². The SMILES string of the molecule is O=C(OCc1ccccc1)[C@H](Cc1ccccc1)Nc1ccccc1. The number of carbonyl (C=O) groups is 1. The maximum absolute atomic E-state index is 12.6. The Morgan fingerprint density at radius 2 is 1.28 bits per heavy atom. The number of carbonyl (C=O) groups excluding carboxylic acids is 1. The number of anilines is 1. The van der Waals surface area contributed by atoms with E-state index in [0.717, 1.165) is 16.8 Å². The van der Waals surface area contributed by atoms with Gasteiger partial charge in [0.1, 0.15) is 12.6 Å². The fourth-order valence-electron chi connectivity index (χ4n) is 2.61. The first-order valence-corrected chi connectivity index (χ1v) is 8.37. The van der Waals surface area contributed by atoms with Gasteiger partial charge >= 0.3 is 5.97 Å². The molecule has 0 saturated carbocycles. The zero-order valence-corrected chi connectivity index (χ0v) is 14.0. The second-order valence-corrected chi connectivity index (χ2v) is 5.85. The molecule has 3 aromatic carbocycles. The van der Waals surface area contributed by atoms with Crippen LogP contribution in [-0.4, -0.2) is 12.0 Å². The van der Waals surface area contributed by atoms with Crippen molar-refractivity contribution in [2.75, 3.05) is 5.32 Å². The zero-order chi connectivity index (χ0) is 17.3. The number of rotatable bonds is 7. The van der Waals surface area contributed by atoms with Gasteiger partial charge in [0.25, 0.3) is 0 Å². The highest BCUT2D eigenvalue weighted by molar-refractivity contribution is 5.79. The monoisotopic (exact) mass is 331 g/mol. The molecule has 0 aliphatic carbocycles. The first kappa shape index (κ1) is 16.8. The van der Waals surface area contributed by atoms with Gasteiger partial charge < -0.3 is 10.1 Å². The minimum absolute atomic E-state index is 0.253. The van der Waals surface area contributed by atoms with E-state index in [0.29, 0.717) is 6.42 Å². The molecule has 3 rings (SSSR count). The number of ether oxygens (including phenoxy) is 1. The Hall–Kier alpha value is -3.07. The van der Waals surface area contributed by atoms with E-state index in [1.807, 2.05) is 91.0 Å². The highest BCUT2D eigenvalue weighted by Gasteiger charge is 2.20. The summed E-state index contributed by atoms with van der Waals surface area (Å²) in [5.41, 5.74) is 2.97. The predicted octanol–water partition coefficient (Wildman–Crippen LogP) is 4.45. The Morgan fingerprint density at radius 3 is 1.88 bits per heavy atom. The average molecular weight is 331 g/mol. The molecule has 0 heterocycles. The van der Waals surface area contributed by atoms with E-state index < -0.39 is 6.04 Å². The molecule has 0 radical (unpaired) electrons. The first-order chi connectivity index (χ1) is 12.3. The van der Waals surface area contributed by atoms with Crippen molar-refractivity contribution >= 4 is 11.7 Å². The topological polar surface area (TPSA) is 38.3 Å². The minimum atomic E-state index is -0.437. The Bertz CT molecular complexity index is 731. The summed E-state index contributed by atoms with van der Waals surface area (Å²) in [4.78, 5) is 12.6. The minimum Gasteiger partial charge on any atom is -0.459 e. The Balaban J connectivity index is 1.69. The highest BCUT2D eigenvalue weighted by Crippen LogP contribution is 2.13. The van der Waals surface area contributed by atoms with Crippen molar-refractivity contribution < 1.29 is 9.53 Å². The summed E-state index contributed by atoms with van der Waals surface area (Å²) in [5.74, 6) is -0.253. The van der Waals surface area contributed by atoms with Crippen LogP contribution in [0.3, 0.4) is 0 Å². The lowest BCUT2D eigenvalue weighted by Gasteiger charge is -2.19. The molecule has 0 saturated heterocycles. The number of para-hydroxylation sites is 1. The fourth-order valence-corrected chi connectivity index (χ4v) is 2.61. The van der Waals surface area contributed by atoms with E-state index in [2.05, 4.69) is 5.32 Å². The van der Waals surface area contributed by atoms with Crippen LogP contribution in [0.2, 0.25) is 0 Å². The molecule has 126 valence electrons. The van der Waals surface area contributed by atoms with Crippen molar-refractivity contribution in [3.8, 4) is 0 Å². The van der Waals surface area contributed by atoms with E-state index in [1.54, 1.807) is 0 Å². The normalized spacial score (nSPS) is 11.5. The molecule has 0 unspecified atom stereocenters. The fraction of sp³-hybridized carbons (Fsp3) is 0.136. The molecule has 1 N–H and O–H groups in total. The van der Waals surface area contributed by atoms with Crippen LogP contribution >= 0.6 is 0 Å². The number of hydrogen-bond acceptors (Lipinski definition) is 3. The molecule has 0 aliphatic heterocycles. The Kier molecular flexibility index (Phi) is 5.83. The molecule has 3 aromatic rings. The maximum Gasteiger partial charge on any atom is 0.329 e. The summed E-state index contributed by atoms with van der Waals surface area (Å²) in [5, 5.41) is 3.29. The quantitative estimate of drug-likeness (QED) is 0.650. The average Bonchev–Trinajstić information content (AvgIpc) is 2.68. The van der Waals surface area contributed by atoms with Crippen molar-refractivity contribution in [3.63, 3.8) is 0 Å².